The number of amides is 1. The fraction of sp³-hybridized carbons (Fsp3) is 0.368. The van der Waals surface area contributed by atoms with Crippen molar-refractivity contribution in [3.63, 3.8) is 0 Å². The molecule has 1 amide bonds. The topological polar surface area (TPSA) is 36.4 Å². The standard InChI is InChI=1S/C19H20FN3O.ClH/c1-22-13-19(15-5-2-6-16(20)17(15)22)7-10-23(11-8-19)18(24)14-4-3-9-21-12-14;/h2-6,9,12H,7-8,10-11,13H2,1H3;1H. The van der Waals surface area contributed by atoms with E-state index >= 15 is 0 Å². The first-order chi connectivity index (χ1) is 11.6. The highest BCUT2D eigenvalue weighted by atomic mass is 35.5. The van der Waals surface area contributed by atoms with E-state index in [4.69, 9.17) is 0 Å². The smallest absolute Gasteiger partial charge is 0.255 e. The molecule has 2 aliphatic heterocycles. The van der Waals surface area contributed by atoms with Gasteiger partial charge in [-0.05, 0) is 36.6 Å². The quantitative estimate of drug-likeness (QED) is 0.782. The number of benzene rings is 1. The fourth-order valence-electron chi connectivity index (χ4n) is 4.19. The van der Waals surface area contributed by atoms with Gasteiger partial charge in [-0.3, -0.25) is 9.78 Å². The highest BCUT2D eigenvalue weighted by molar-refractivity contribution is 5.94. The number of fused-ring (bicyclic) bond motifs is 2. The van der Waals surface area contributed by atoms with Crippen molar-refractivity contribution < 1.29 is 9.18 Å². The van der Waals surface area contributed by atoms with Gasteiger partial charge in [-0.25, -0.2) is 4.39 Å². The molecule has 3 heterocycles. The largest absolute Gasteiger partial charge is 0.371 e. The van der Waals surface area contributed by atoms with Gasteiger partial charge >= 0.3 is 0 Å². The van der Waals surface area contributed by atoms with Crippen LogP contribution in [0.1, 0.15) is 28.8 Å². The number of carbonyl (C=O) groups excluding carboxylic acids is 1. The number of pyridine rings is 1. The van der Waals surface area contributed by atoms with Gasteiger partial charge in [-0.2, -0.15) is 0 Å². The summed E-state index contributed by atoms with van der Waals surface area (Å²) in [6, 6.07) is 8.94. The van der Waals surface area contributed by atoms with Crippen LogP contribution < -0.4 is 4.90 Å². The summed E-state index contributed by atoms with van der Waals surface area (Å²) in [7, 11) is 1.95. The summed E-state index contributed by atoms with van der Waals surface area (Å²) in [5.74, 6) is -0.121. The second-order valence-corrected chi connectivity index (χ2v) is 6.81. The molecule has 1 fully saturated rings. The van der Waals surface area contributed by atoms with Crippen LogP contribution in [0.3, 0.4) is 0 Å². The van der Waals surface area contributed by atoms with Crippen LogP contribution in [-0.2, 0) is 5.41 Å². The van der Waals surface area contributed by atoms with Crippen LogP contribution in [0.15, 0.2) is 42.7 Å². The predicted molar refractivity (Wildman–Crippen MR) is 98.0 cm³/mol. The van der Waals surface area contributed by atoms with Crippen molar-refractivity contribution in [2.45, 2.75) is 18.3 Å². The number of rotatable bonds is 1. The molecule has 25 heavy (non-hydrogen) atoms. The first-order valence-corrected chi connectivity index (χ1v) is 8.30. The van der Waals surface area contributed by atoms with Crippen LogP contribution in [0.5, 0.6) is 0 Å². The Hall–Kier alpha value is -2.14. The molecule has 0 unspecified atom stereocenters. The molecule has 0 radical (unpaired) electrons. The molecule has 1 spiro atoms. The van der Waals surface area contributed by atoms with Crippen LogP contribution in [0.2, 0.25) is 0 Å². The van der Waals surface area contributed by atoms with E-state index in [1.807, 2.05) is 22.9 Å². The number of hydrogen-bond donors (Lipinski definition) is 0. The van der Waals surface area contributed by atoms with Gasteiger partial charge in [0.05, 0.1) is 11.3 Å². The number of carbonyl (C=O) groups is 1. The Balaban J connectivity index is 0.00000182. The molecule has 1 aromatic carbocycles. The maximum atomic E-state index is 14.2. The SMILES string of the molecule is CN1CC2(CCN(C(=O)c3cccnc3)CC2)c2cccc(F)c21.Cl. The highest BCUT2D eigenvalue weighted by Gasteiger charge is 2.45. The molecule has 4 rings (SSSR count). The third-order valence-corrected chi connectivity index (χ3v) is 5.40. The first-order valence-electron chi connectivity index (χ1n) is 8.30. The molecule has 2 aromatic rings. The zero-order chi connectivity index (χ0) is 16.7. The van der Waals surface area contributed by atoms with Gasteiger partial charge in [0, 0.05) is 44.5 Å². The van der Waals surface area contributed by atoms with Crippen LogP contribution in [0.25, 0.3) is 0 Å². The van der Waals surface area contributed by atoms with Crippen molar-refractivity contribution in [2.24, 2.45) is 0 Å². The summed E-state index contributed by atoms with van der Waals surface area (Å²) < 4.78 is 14.2. The summed E-state index contributed by atoms with van der Waals surface area (Å²) in [6.45, 7) is 2.20. The van der Waals surface area contributed by atoms with E-state index in [9.17, 15) is 9.18 Å². The number of hydrogen-bond acceptors (Lipinski definition) is 3. The number of halogens is 2. The van der Waals surface area contributed by atoms with E-state index in [0.29, 0.717) is 18.7 Å². The monoisotopic (exact) mass is 361 g/mol. The van der Waals surface area contributed by atoms with E-state index in [0.717, 1.165) is 30.6 Å². The molecule has 0 bridgehead atoms. The summed E-state index contributed by atoms with van der Waals surface area (Å²) in [5, 5.41) is 0. The Morgan fingerprint density at radius 2 is 1.96 bits per heavy atom. The number of para-hydroxylation sites is 1. The Kier molecular flexibility index (Phi) is 4.69. The lowest BCUT2D eigenvalue weighted by Crippen LogP contribution is -2.46. The summed E-state index contributed by atoms with van der Waals surface area (Å²) in [4.78, 5) is 20.5. The third kappa shape index (κ3) is 2.86. The molecule has 0 atom stereocenters. The number of nitrogens with zero attached hydrogens (tertiary/aromatic N) is 3. The number of likely N-dealkylation sites (N-methyl/N-ethyl adjacent to an activating group) is 1. The maximum Gasteiger partial charge on any atom is 0.255 e. The maximum absolute atomic E-state index is 14.2. The lowest BCUT2D eigenvalue weighted by atomic mass is 9.74. The molecule has 1 aromatic heterocycles. The van der Waals surface area contributed by atoms with Crippen molar-refractivity contribution >= 4 is 24.0 Å². The Bertz CT molecular complexity index is 775. The lowest BCUT2D eigenvalue weighted by molar-refractivity contribution is 0.0674. The molecule has 6 heteroatoms. The Morgan fingerprint density at radius 1 is 1.20 bits per heavy atom. The summed E-state index contributed by atoms with van der Waals surface area (Å²) >= 11 is 0. The van der Waals surface area contributed by atoms with Gasteiger partial charge < -0.3 is 9.80 Å². The van der Waals surface area contributed by atoms with Crippen LogP contribution >= 0.6 is 12.4 Å². The fourth-order valence-corrected chi connectivity index (χ4v) is 4.19. The van der Waals surface area contributed by atoms with Gasteiger partial charge in [0.2, 0.25) is 0 Å². The van der Waals surface area contributed by atoms with Gasteiger partial charge in [-0.15, -0.1) is 12.4 Å². The van der Waals surface area contributed by atoms with Crippen molar-refractivity contribution in [2.75, 3.05) is 31.6 Å². The van der Waals surface area contributed by atoms with Gasteiger partial charge in [0.15, 0.2) is 0 Å². The second-order valence-electron chi connectivity index (χ2n) is 6.81. The lowest BCUT2D eigenvalue weighted by Gasteiger charge is -2.39. The van der Waals surface area contributed by atoms with E-state index in [-0.39, 0.29) is 29.5 Å². The van der Waals surface area contributed by atoms with E-state index in [1.165, 1.54) is 6.07 Å². The van der Waals surface area contributed by atoms with Crippen molar-refractivity contribution in [1.29, 1.82) is 0 Å². The second kappa shape index (κ2) is 6.64. The normalized spacial score (nSPS) is 18.0. The molecule has 0 saturated carbocycles. The zero-order valence-corrected chi connectivity index (χ0v) is 14.9. The Morgan fingerprint density at radius 3 is 2.64 bits per heavy atom. The zero-order valence-electron chi connectivity index (χ0n) is 14.1. The molecule has 0 N–H and O–H groups in total. The third-order valence-electron chi connectivity index (χ3n) is 5.40. The minimum absolute atomic E-state index is 0. The molecule has 4 nitrogen and oxygen atoms in total. The molecular weight excluding hydrogens is 341 g/mol. The predicted octanol–water partition coefficient (Wildman–Crippen LogP) is 3.27. The highest BCUT2D eigenvalue weighted by Crippen LogP contribution is 2.47. The molecule has 2 aliphatic rings. The van der Waals surface area contributed by atoms with E-state index < -0.39 is 0 Å². The summed E-state index contributed by atoms with van der Waals surface area (Å²) in [6.07, 6.45) is 5.00. The molecular formula is C19H21ClFN3O. The van der Waals surface area contributed by atoms with Crippen molar-refractivity contribution in [3.8, 4) is 0 Å². The number of aromatic nitrogens is 1. The number of piperidine rings is 1. The van der Waals surface area contributed by atoms with Gasteiger partial charge in [0.25, 0.3) is 5.91 Å². The van der Waals surface area contributed by atoms with Crippen LogP contribution in [0.4, 0.5) is 10.1 Å². The van der Waals surface area contributed by atoms with Crippen molar-refractivity contribution in [1.82, 2.24) is 9.88 Å². The van der Waals surface area contributed by atoms with Gasteiger partial charge in [-0.1, -0.05) is 12.1 Å². The van der Waals surface area contributed by atoms with Crippen molar-refractivity contribution in [3.05, 3.63) is 59.7 Å². The average molecular weight is 362 g/mol. The molecule has 1 saturated heterocycles. The van der Waals surface area contributed by atoms with E-state index in [1.54, 1.807) is 30.6 Å². The van der Waals surface area contributed by atoms with Gasteiger partial charge in [0.1, 0.15) is 5.82 Å². The minimum Gasteiger partial charge on any atom is -0.371 e. The Labute approximate surface area is 153 Å². The molecule has 0 aliphatic carbocycles. The first kappa shape index (κ1) is 17.7. The van der Waals surface area contributed by atoms with Crippen LogP contribution in [-0.4, -0.2) is 42.5 Å². The minimum atomic E-state index is -0.152. The average Bonchev–Trinajstić information content (AvgIpc) is 2.89. The van der Waals surface area contributed by atoms with Crippen LogP contribution in [0, 0.1) is 5.82 Å². The molecule has 132 valence electrons. The summed E-state index contributed by atoms with van der Waals surface area (Å²) in [5.41, 5.74) is 2.41. The number of anilines is 1. The number of likely N-dealkylation sites (tertiary alicyclic amines) is 1. The van der Waals surface area contributed by atoms with E-state index in [2.05, 4.69) is 4.98 Å².